The van der Waals surface area contributed by atoms with Crippen molar-refractivity contribution in [2.24, 2.45) is 11.8 Å². The molecule has 1 aromatic carbocycles. The Morgan fingerprint density at radius 2 is 1.40 bits per heavy atom. The van der Waals surface area contributed by atoms with Crippen LogP contribution in [0.3, 0.4) is 0 Å². The van der Waals surface area contributed by atoms with E-state index in [-0.39, 0.29) is 17.3 Å². The summed E-state index contributed by atoms with van der Waals surface area (Å²) in [6, 6.07) is 9.22. The fourth-order valence-corrected chi connectivity index (χ4v) is 7.64. The number of fused-ring (bicyclic) bond motifs is 5. The van der Waals surface area contributed by atoms with Gasteiger partial charge in [-0.15, -0.1) is 0 Å². The van der Waals surface area contributed by atoms with Crippen LogP contribution in [0.4, 0.5) is 0 Å². The number of nitrogens with zero attached hydrogens (tertiary/aromatic N) is 2. The molecule has 4 bridgehead atoms. The van der Waals surface area contributed by atoms with Crippen molar-refractivity contribution >= 4 is 10.9 Å². The van der Waals surface area contributed by atoms with Gasteiger partial charge in [0, 0.05) is 24.2 Å². The van der Waals surface area contributed by atoms with Gasteiger partial charge in [-0.2, -0.15) is 0 Å². The van der Waals surface area contributed by atoms with Crippen molar-refractivity contribution < 1.29 is 0 Å². The summed E-state index contributed by atoms with van der Waals surface area (Å²) in [6.45, 7) is 0. The quantitative estimate of drug-likeness (QED) is 0.811. The van der Waals surface area contributed by atoms with Crippen LogP contribution in [0, 0.1) is 11.8 Å². The van der Waals surface area contributed by atoms with Gasteiger partial charge < -0.3 is 4.98 Å². The molecule has 2 saturated carbocycles. The number of aromatic nitrogens is 2. The number of rotatable bonds is 2. The first kappa shape index (κ1) is 18.9. The molecule has 1 aromatic heterocycles. The summed E-state index contributed by atoms with van der Waals surface area (Å²) in [5.74, 6) is 1.87. The van der Waals surface area contributed by atoms with Crippen LogP contribution in [0.1, 0.15) is 76.7 Å². The summed E-state index contributed by atoms with van der Waals surface area (Å²) in [4.78, 5) is 31.9. The Morgan fingerprint density at radius 3 is 2.13 bits per heavy atom. The molecule has 2 saturated heterocycles. The zero-order valence-corrected chi connectivity index (χ0v) is 17.8. The smallest absolute Gasteiger partial charge is 0.307 e. The number of H-pyrrole nitrogens is 1. The van der Waals surface area contributed by atoms with E-state index in [0.717, 1.165) is 30.7 Å². The van der Waals surface area contributed by atoms with Gasteiger partial charge in [-0.1, -0.05) is 37.8 Å². The first-order valence-corrected chi connectivity index (χ1v) is 12.2. The predicted octanol–water partition coefficient (Wildman–Crippen LogP) is 4.22. The lowest BCUT2D eigenvalue weighted by molar-refractivity contribution is -0.0494. The van der Waals surface area contributed by atoms with Gasteiger partial charge in [-0.3, -0.25) is 14.3 Å². The molecular formula is C25H33N3O2. The summed E-state index contributed by atoms with van der Waals surface area (Å²) >= 11 is 0. The van der Waals surface area contributed by atoms with Crippen molar-refractivity contribution in [3.63, 3.8) is 0 Å². The molecule has 1 unspecified atom stereocenters. The molecule has 30 heavy (non-hydrogen) atoms. The van der Waals surface area contributed by atoms with Crippen LogP contribution in [-0.2, 0) is 0 Å². The molecule has 160 valence electrons. The van der Waals surface area contributed by atoms with E-state index in [2.05, 4.69) is 9.88 Å². The molecule has 6 atom stereocenters. The lowest BCUT2D eigenvalue weighted by atomic mass is 9.68. The van der Waals surface area contributed by atoms with Crippen molar-refractivity contribution in [2.45, 2.75) is 94.8 Å². The lowest BCUT2D eigenvalue weighted by Gasteiger charge is -2.55. The van der Waals surface area contributed by atoms with Gasteiger partial charge in [-0.25, -0.2) is 4.79 Å². The van der Waals surface area contributed by atoms with Gasteiger partial charge in [0.25, 0.3) is 5.56 Å². The van der Waals surface area contributed by atoms with Gasteiger partial charge in [0.05, 0.1) is 10.9 Å². The fourth-order valence-electron chi connectivity index (χ4n) is 7.64. The second kappa shape index (κ2) is 7.37. The molecule has 1 N–H and O–H groups in total. The Morgan fingerprint density at radius 1 is 0.733 bits per heavy atom. The average Bonchev–Trinajstić information content (AvgIpc) is 2.73. The second-order valence-electron chi connectivity index (χ2n) is 10.5. The molecule has 0 radical (unpaired) electrons. The van der Waals surface area contributed by atoms with E-state index in [9.17, 15) is 9.59 Å². The first-order chi connectivity index (χ1) is 14.7. The van der Waals surface area contributed by atoms with Crippen molar-refractivity contribution in [3.8, 4) is 0 Å². The Bertz CT molecular complexity index is 1030. The molecule has 4 aliphatic rings. The van der Waals surface area contributed by atoms with Crippen LogP contribution in [0.2, 0.25) is 0 Å². The van der Waals surface area contributed by atoms with Crippen LogP contribution >= 0.6 is 0 Å². The maximum absolute atomic E-state index is 13.2. The summed E-state index contributed by atoms with van der Waals surface area (Å²) in [5, 5.41) is 0.629. The van der Waals surface area contributed by atoms with E-state index in [1.54, 1.807) is 4.57 Å². The third-order valence-corrected chi connectivity index (χ3v) is 8.73. The standard InChI is InChI=1S/C25H33N3O2/c29-24-22-9-1-2-10-23(22)26-25(30)28(24)21-14-18-7-4-8-19(15-21)27(18)20-12-16-5-3-6-17(11-16)13-20/h1-2,9-10,16-21H,3-8,11-15H2,(H,26,30)/t16-,17+,18-,19+,20+,21?. The van der Waals surface area contributed by atoms with Gasteiger partial charge in [0.15, 0.2) is 0 Å². The number of aromatic amines is 1. The second-order valence-corrected chi connectivity index (χ2v) is 10.5. The Balaban J connectivity index is 1.31. The van der Waals surface area contributed by atoms with E-state index in [4.69, 9.17) is 0 Å². The molecule has 0 spiro atoms. The van der Waals surface area contributed by atoms with Crippen LogP contribution in [-0.4, -0.2) is 32.6 Å². The minimum Gasteiger partial charge on any atom is -0.307 e. The van der Waals surface area contributed by atoms with Gasteiger partial charge in [0.2, 0.25) is 0 Å². The van der Waals surface area contributed by atoms with Crippen molar-refractivity contribution in [1.29, 1.82) is 0 Å². The Kier molecular flexibility index (Phi) is 4.63. The zero-order chi connectivity index (χ0) is 20.2. The summed E-state index contributed by atoms with van der Waals surface area (Å²) in [6.07, 6.45) is 14.2. The van der Waals surface area contributed by atoms with Gasteiger partial charge in [0.1, 0.15) is 0 Å². The number of piperidine rings is 2. The Hall–Kier alpha value is -1.88. The molecular weight excluding hydrogens is 374 g/mol. The maximum atomic E-state index is 13.2. The van der Waals surface area contributed by atoms with Gasteiger partial charge in [-0.05, 0) is 68.9 Å². The average molecular weight is 408 g/mol. The highest BCUT2D eigenvalue weighted by Crippen LogP contribution is 2.47. The minimum absolute atomic E-state index is 0.0282. The zero-order valence-electron chi connectivity index (χ0n) is 17.8. The lowest BCUT2D eigenvalue weighted by Crippen LogP contribution is -2.59. The third kappa shape index (κ3) is 3.08. The molecule has 5 heteroatoms. The summed E-state index contributed by atoms with van der Waals surface area (Å²) in [5.41, 5.74) is 0.301. The van der Waals surface area contributed by atoms with Crippen molar-refractivity contribution in [3.05, 3.63) is 45.1 Å². The molecule has 2 aromatic rings. The topological polar surface area (TPSA) is 58.1 Å². The number of benzene rings is 1. The fraction of sp³-hybridized carbons (Fsp3) is 0.680. The predicted molar refractivity (Wildman–Crippen MR) is 119 cm³/mol. The highest BCUT2D eigenvalue weighted by Gasteiger charge is 2.45. The molecule has 2 aliphatic carbocycles. The molecule has 4 fully saturated rings. The van der Waals surface area contributed by atoms with Crippen molar-refractivity contribution in [1.82, 2.24) is 14.5 Å². The highest BCUT2D eigenvalue weighted by atomic mass is 16.2. The first-order valence-electron chi connectivity index (χ1n) is 12.2. The Labute approximate surface area is 177 Å². The van der Waals surface area contributed by atoms with Crippen LogP contribution in [0.15, 0.2) is 33.9 Å². The van der Waals surface area contributed by atoms with E-state index in [0.29, 0.717) is 23.0 Å². The molecule has 0 amide bonds. The van der Waals surface area contributed by atoms with Crippen molar-refractivity contribution in [2.75, 3.05) is 0 Å². The van der Waals surface area contributed by atoms with Crippen LogP contribution in [0.25, 0.3) is 10.9 Å². The molecule has 5 nitrogen and oxygen atoms in total. The van der Waals surface area contributed by atoms with Crippen LogP contribution in [0.5, 0.6) is 0 Å². The minimum atomic E-state index is -0.234. The number of para-hydroxylation sites is 1. The SMILES string of the molecule is O=c1[nH]c2ccccc2c(=O)n1C1C[C@H]2CCC[C@@H](C1)N2[C@H]1C[C@@H]2CCC[C@@H](C2)C1. The monoisotopic (exact) mass is 407 g/mol. The summed E-state index contributed by atoms with van der Waals surface area (Å²) in [7, 11) is 0. The van der Waals surface area contributed by atoms with Crippen LogP contribution < -0.4 is 11.2 Å². The maximum Gasteiger partial charge on any atom is 0.329 e. The largest absolute Gasteiger partial charge is 0.329 e. The van der Waals surface area contributed by atoms with E-state index >= 15 is 0 Å². The number of hydrogen-bond acceptors (Lipinski definition) is 3. The molecule has 3 heterocycles. The van der Waals surface area contributed by atoms with Gasteiger partial charge >= 0.3 is 5.69 Å². The van der Waals surface area contributed by atoms with E-state index < -0.39 is 0 Å². The summed E-state index contributed by atoms with van der Waals surface area (Å²) < 4.78 is 1.56. The molecule has 6 rings (SSSR count). The third-order valence-electron chi connectivity index (χ3n) is 8.73. The highest BCUT2D eigenvalue weighted by molar-refractivity contribution is 5.76. The van der Waals surface area contributed by atoms with E-state index in [1.807, 2.05) is 24.3 Å². The van der Waals surface area contributed by atoms with E-state index in [1.165, 1.54) is 57.8 Å². The number of nitrogens with one attached hydrogen (secondary N) is 1. The molecule has 2 aliphatic heterocycles. The normalized spacial score (nSPS) is 36.7. The number of hydrogen-bond donors (Lipinski definition) is 1.